The van der Waals surface area contributed by atoms with E-state index in [1.165, 1.54) is 6.08 Å². The quantitative estimate of drug-likeness (QED) is 0.393. The number of alkyl carbamates (subject to hydrolysis) is 1. The molecule has 0 aliphatic carbocycles. The summed E-state index contributed by atoms with van der Waals surface area (Å²) in [6.45, 7) is 12.6. The Morgan fingerprint density at radius 3 is 2.12 bits per heavy atom. The molecule has 0 bridgehead atoms. The van der Waals surface area contributed by atoms with Crippen LogP contribution in [0, 0.1) is 0 Å². The molecule has 1 N–H and O–H groups in total. The molecule has 7 nitrogen and oxygen atoms in total. The average Bonchev–Trinajstić information content (AvgIpc) is 2.44. The Bertz CT molecular complexity index is 454. The Morgan fingerprint density at radius 1 is 1.08 bits per heavy atom. The normalized spacial score (nSPS) is 13.4. The minimum Gasteiger partial charge on any atom is -0.466 e. The molecule has 0 rings (SSSR count). The van der Waals surface area contributed by atoms with Crippen molar-refractivity contribution >= 4 is 18.0 Å². The third-order valence-electron chi connectivity index (χ3n) is 2.97. The number of nitrogens with one attached hydrogen (secondary N) is 1. The predicted octanol–water partition coefficient (Wildman–Crippen LogP) is 2.73. The third kappa shape index (κ3) is 7.99. The molecule has 0 aromatic heterocycles. The highest BCUT2D eigenvalue weighted by atomic mass is 16.6. The van der Waals surface area contributed by atoms with Crippen molar-refractivity contribution in [1.82, 2.24) is 5.32 Å². The summed E-state index contributed by atoms with van der Waals surface area (Å²) in [4.78, 5) is 35.8. The fraction of sp³-hybridized carbons (Fsp3) is 0.706. The van der Waals surface area contributed by atoms with Gasteiger partial charge in [0.2, 0.25) is 0 Å². The minimum atomic E-state index is -1.45. The first-order valence-electron chi connectivity index (χ1n) is 8.07. The van der Waals surface area contributed by atoms with Gasteiger partial charge in [-0.2, -0.15) is 0 Å². The van der Waals surface area contributed by atoms with Gasteiger partial charge in [-0.25, -0.2) is 9.59 Å². The highest BCUT2D eigenvalue weighted by Crippen LogP contribution is 2.20. The standard InChI is InChI=1S/C17H29NO6/c1-7-17(14(20)23-9-3,12-10-11-13(19)22-8-2)18-15(21)24-16(4,5)6/h7H,1,8-12H2,2-6H3,(H,18,21)/t17-/m0/s1. The van der Waals surface area contributed by atoms with Crippen LogP contribution in [0.1, 0.15) is 53.9 Å². The molecule has 0 heterocycles. The molecule has 0 saturated carbocycles. The molecule has 0 aliphatic rings. The maximum Gasteiger partial charge on any atom is 0.408 e. The highest BCUT2D eigenvalue weighted by molar-refractivity contribution is 5.88. The Labute approximate surface area is 143 Å². The van der Waals surface area contributed by atoms with Crippen LogP contribution in [0.2, 0.25) is 0 Å². The number of rotatable bonds is 9. The van der Waals surface area contributed by atoms with Gasteiger partial charge in [0.25, 0.3) is 0 Å². The summed E-state index contributed by atoms with van der Waals surface area (Å²) in [5.74, 6) is -1.01. The molecule has 138 valence electrons. The molecular weight excluding hydrogens is 314 g/mol. The zero-order valence-corrected chi connectivity index (χ0v) is 15.3. The SMILES string of the molecule is C=C[C@@](CCCC(=O)OCC)(NC(=O)OC(C)(C)C)C(=O)OCC. The lowest BCUT2D eigenvalue weighted by molar-refractivity contribution is -0.150. The lowest BCUT2D eigenvalue weighted by Crippen LogP contribution is -2.55. The molecule has 0 radical (unpaired) electrons. The molecule has 1 atom stereocenters. The van der Waals surface area contributed by atoms with E-state index in [1.807, 2.05) is 0 Å². The first-order valence-corrected chi connectivity index (χ1v) is 8.07. The monoisotopic (exact) mass is 343 g/mol. The van der Waals surface area contributed by atoms with Crippen LogP contribution in [0.15, 0.2) is 12.7 Å². The van der Waals surface area contributed by atoms with E-state index in [0.717, 1.165) is 0 Å². The van der Waals surface area contributed by atoms with Crippen LogP contribution in [-0.2, 0) is 23.8 Å². The summed E-state index contributed by atoms with van der Waals surface area (Å²) >= 11 is 0. The average molecular weight is 343 g/mol. The van der Waals surface area contributed by atoms with E-state index < -0.39 is 23.2 Å². The minimum absolute atomic E-state index is 0.124. The first-order chi connectivity index (χ1) is 11.1. The largest absolute Gasteiger partial charge is 0.466 e. The molecule has 1 amide bonds. The molecule has 0 unspecified atom stereocenters. The molecule has 0 aromatic rings. The molecule has 24 heavy (non-hydrogen) atoms. The Balaban J connectivity index is 5.06. The van der Waals surface area contributed by atoms with E-state index in [-0.39, 0.29) is 25.4 Å². The van der Waals surface area contributed by atoms with Crippen molar-refractivity contribution in [2.45, 2.75) is 65.0 Å². The lowest BCUT2D eigenvalue weighted by atomic mass is 9.92. The fourth-order valence-corrected chi connectivity index (χ4v) is 1.94. The van der Waals surface area contributed by atoms with E-state index >= 15 is 0 Å². The topological polar surface area (TPSA) is 90.9 Å². The van der Waals surface area contributed by atoms with Gasteiger partial charge in [0, 0.05) is 6.42 Å². The summed E-state index contributed by atoms with van der Waals surface area (Å²) in [6, 6.07) is 0. The van der Waals surface area contributed by atoms with Gasteiger partial charge in [-0.05, 0) is 47.5 Å². The number of hydrogen-bond acceptors (Lipinski definition) is 6. The van der Waals surface area contributed by atoms with Crippen molar-refractivity contribution in [3.8, 4) is 0 Å². The summed E-state index contributed by atoms with van der Waals surface area (Å²) in [7, 11) is 0. The number of carbonyl (C=O) groups is 3. The molecule has 7 heteroatoms. The van der Waals surface area contributed by atoms with Gasteiger partial charge >= 0.3 is 18.0 Å². The number of hydrogen-bond donors (Lipinski definition) is 1. The number of ether oxygens (including phenoxy) is 3. The second-order valence-electron chi connectivity index (χ2n) is 6.18. The van der Waals surface area contributed by atoms with Crippen LogP contribution in [0.25, 0.3) is 0 Å². The Morgan fingerprint density at radius 2 is 1.67 bits per heavy atom. The van der Waals surface area contributed by atoms with Gasteiger partial charge in [-0.15, -0.1) is 6.58 Å². The van der Waals surface area contributed by atoms with Crippen LogP contribution < -0.4 is 5.32 Å². The first kappa shape index (κ1) is 21.9. The van der Waals surface area contributed by atoms with Crippen LogP contribution >= 0.6 is 0 Å². The molecule has 0 aromatic carbocycles. The van der Waals surface area contributed by atoms with Gasteiger partial charge < -0.3 is 19.5 Å². The zero-order valence-electron chi connectivity index (χ0n) is 15.3. The summed E-state index contributed by atoms with van der Waals surface area (Å²) in [5, 5.41) is 2.52. The van der Waals surface area contributed by atoms with E-state index in [4.69, 9.17) is 14.2 Å². The van der Waals surface area contributed by atoms with Gasteiger partial charge in [-0.1, -0.05) is 6.08 Å². The third-order valence-corrected chi connectivity index (χ3v) is 2.97. The van der Waals surface area contributed by atoms with Gasteiger partial charge in [0.15, 0.2) is 5.54 Å². The van der Waals surface area contributed by atoms with Crippen molar-refractivity contribution in [3.05, 3.63) is 12.7 Å². The molecule has 0 aliphatic heterocycles. The van der Waals surface area contributed by atoms with Crippen molar-refractivity contribution in [1.29, 1.82) is 0 Å². The number of esters is 2. The van der Waals surface area contributed by atoms with Crippen molar-refractivity contribution in [2.24, 2.45) is 0 Å². The van der Waals surface area contributed by atoms with Crippen molar-refractivity contribution < 1.29 is 28.6 Å². The smallest absolute Gasteiger partial charge is 0.408 e. The van der Waals surface area contributed by atoms with E-state index in [1.54, 1.807) is 34.6 Å². The van der Waals surface area contributed by atoms with Crippen LogP contribution in [-0.4, -0.2) is 42.4 Å². The predicted molar refractivity (Wildman–Crippen MR) is 89.4 cm³/mol. The summed E-state index contributed by atoms with van der Waals surface area (Å²) in [5.41, 5.74) is -2.17. The van der Waals surface area contributed by atoms with Gasteiger partial charge in [0.1, 0.15) is 5.60 Å². The Hall–Kier alpha value is -2.05. The maximum absolute atomic E-state index is 12.3. The van der Waals surface area contributed by atoms with E-state index in [2.05, 4.69) is 11.9 Å². The summed E-state index contributed by atoms with van der Waals surface area (Å²) < 4.78 is 15.1. The van der Waals surface area contributed by atoms with Crippen LogP contribution in [0.5, 0.6) is 0 Å². The molecule has 0 fully saturated rings. The van der Waals surface area contributed by atoms with Crippen LogP contribution in [0.3, 0.4) is 0 Å². The molecule has 0 saturated heterocycles. The second kappa shape index (κ2) is 9.95. The number of carbonyl (C=O) groups excluding carboxylic acids is 3. The fourth-order valence-electron chi connectivity index (χ4n) is 1.94. The van der Waals surface area contributed by atoms with E-state index in [9.17, 15) is 14.4 Å². The second-order valence-corrected chi connectivity index (χ2v) is 6.18. The summed E-state index contributed by atoms with van der Waals surface area (Å²) in [6.07, 6.45) is 1.14. The zero-order chi connectivity index (χ0) is 18.8. The van der Waals surface area contributed by atoms with Crippen molar-refractivity contribution in [2.75, 3.05) is 13.2 Å². The van der Waals surface area contributed by atoms with Crippen molar-refractivity contribution in [3.63, 3.8) is 0 Å². The van der Waals surface area contributed by atoms with Crippen LogP contribution in [0.4, 0.5) is 4.79 Å². The molecular formula is C17H29NO6. The maximum atomic E-state index is 12.3. The Kier molecular flexibility index (Phi) is 9.10. The van der Waals surface area contributed by atoms with E-state index in [0.29, 0.717) is 13.0 Å². The van der Waals surface area contributed by atoms with Gasteiger partial charge in [-0.3, -0.25) is 4.79 Å². The highest BCUT2D eigenvalue weighted by Gasteiger charge is 2.39. The lowest BCUT2D eigenvalue weighted by Gasteiger charge is -2.30. The van der Waals surface area contributed by atoms with Gasteiger partial charge in [0.05, 0.1) is 13.2 Å². The number of amides is 1. The molecule has 0 spiro atoms.